The van der Waals surface area contributed by atoms with Crippen molar-refractivity contribution in [3.63, 3.8) is 0 Å². The third kappa shape index (κ3) is 4.32. The highest BCUT2D eigenvalue weighted by atomic mass is 127. The molecule has 0 radical (unpaired) electrons. The number of ether oxygens (including phenoxy) is 1. The lowest BCUT2D eigenvalue weighted by atomic mass is 10.0. The van der Waals surface area contributed by atoms with Crippen LogP contribution in [0.2, 0.25) is 0 Å². The summed E-state index contributed by atoms with van der Waals surface area (Å²) in [6.07, 6.45) is 0. The number of pyridine rings is 1. The molecule has 0 saturated carbocycles. The molecule has 0 N–H and O–H groups in total. The van der Waals surface area contributed by atoms with Crippen LogP contribution in [0.5, 0.6) is 0 Å². The summed E-state index contributed by atoms with van der Waals surface area (Å²) in [4.78, 5) is 17.7. The predicted octanol–water partition coefficient (Wildman–Crippen LogP) is 6.48. The molecule has 0 atom stereocenters. The van der Waals surface area contributed by atoms with Crippen LogP contribution in [0.4, 0.5) is 0 Å². The van der Waals surface area contributed by atoms with Crippen LogP contribution < -0.4 is 0 Å². The van der Waals surface area contributed by atoms with Crippen LogP contribution in [0.15, 0.2) is 72.8 Å². The summed E-state index contributed by atoms with van der Waals surface area (Å²) in [5.74, 6) is -0.341. The van der Waals surface area contributed by atoms with Crippen LogP contribution in [0.3, 0.4) is 0 Å². The summed E-state index contributed by atoms with van der Waals surface area (Å²) in [7, 11) is 0. The molecule has 4 aromatic rings. The standard InChI is InChI=1S/C25H20INO2/c1-16-7-10-19(13-17(16)2)24-14-22(21-5-3-4-6-23(21)27-24)25(28)29-15-18-8-11-20(26)12-9-18/h3-14H,15H2,1-2H3. The quantitative estimate of drug-likeness (QED) is 0.241. The van der Waals surface area contributed by atoms with E-state index in [1.165, 1.54) is 11.1 Å². The Morgan fingerprint density at radius 3 is 2.45 bits per heavy atom. The Labute approximate surface area is 183 Å². The van der Waals surface area contributed by atoms with Gasteiger partial charge in [-0.1, -0.05) is 42.5 Å². The van der Waals surface area contributed by atoms with Crippen molar-refractivity contribution in [2.45, 2.75) is 20.5 Å². The normalized spacial score (nSPS) is 10.9. The van der Waals surface area contributed by atoms with Gasteiger partial charge in [-0.3, -0.25) is 0 Å². The molecule has 0 aliphatic rings. The molecule has 0 aliphatic carbocycles. The van der Waals surface area contributed by atoms with Gasteiger partial charge in [0.25, 0.3) is 0 Å². The first-order valence-corrected chi connectivity index (χ1v) is 10.5. The second-order valence-electron chi connectivity index (χ2n) is 7.07. The molecule has 3 nitrogen and oxygen atoms in total. The predicted molar refractivity (Wildman–Crippen MR) is 125 cm³/mol. The second-order valence-corrected chi connectivity index (χ2v) is 8.32. The SMILES string of the molecule is Cc1ccc(-c2cc(C(=O)OCc3ccc(I)cc3)c3ccccc3n2)cc1C. The third-order valence-corrected chi connectivity index (χ3v) is 5.74. The minimum atomic E-state index is -0.341. The third-order valence-electron chi connectivity index (χ3n) is 5.02. The summed E-state index contributed by atoms with van der Waals surface area (Å²) >= 11 is 2.26. The number of aromatic nitrogens is 1. The topological polar surface area (TPSA) is 39.2 Å². The minimum Gasteiger partial charge on any atom is -0.457 e. The molecule has 29 heavy (non-hydrogen) atoms. The van der Waals surface area contributed by atoms with Crippen molar-refractivity contribution in [1.82, 2.24) is 4.98 Å². The number of halogens is 1. The number of hydrogen-bond acceptors (Lipinski definition) is 3. The first kappa shape index (κ1) is 19.6. The number of rotatable bonds is 4. The molecule has 1 heterocycles. The minimum absolute atomic E-state index is 0.241. The van der Waals surface area contributed by atoms with Gasteiger partial charge < -0.3 is 4.74 Å². The fourth-order valence-corrected chi connectivity index (χ4v) is 3.56. The van der Waals surface area contributed by atoms with E-state index in [-0.39, 0.29) is 12.6 Å². The molecular weight excluding hydrogens is 473 g/mol. The number of fused-ring (bicyclic) bond motifs is 1. The van der Waals surface area contributed by atoms with Crippen LogP contribution in [0.25, 0.3) is 22.2 Å². The number of carbonyl (C=O) groups is 1. The smallest absolute Gasteiger partial charge is 0.339 e. The summed E-state index contributed by atoms with van der Waals surface area (Å²) in [6, 6.07) is 23.7. The molecule has 144 valence electrons. The molecule has 0 saturated heterocycles. The van der Waals surface area contributed by atoms with E-state index in [2.05, 4.69) is 48.6 Å². The maximum absolute atomic E-state index is 13.0. The highest BCUT2D eigenvalue weighted by molar-refractivity contribution is 14.1. The van der Waals surface area contributed by atoms with Crippen LogP contribution in [-0.4, -0.2) is 11.0 Å². The van der Waals surface area contributed by atoms with E-state index in [0.717, 1.165) is 31.3 Å². The van der Waals surface area contributed by atoms with Crippen LogP contribution in [0, 0.1) is 17.4 Å². The van der Waals surface area contributed by atoms with E-state index in [0.29, 0.717) is 5.56 Å². The zero-order chi connectivity index (χ0) is 20.4. The number of hydrogen-bond donors (Lipinski definition) is 0. The van der Waals surface area contributed by atoms with E-state index in [9.17, 15) is 4.79 Å². The monoisotopic (exact) mass is 493 g/mol. The van der Waals surface area contributed by atoms with E-state index < -0.39 is 0 Å². The summed E-state index contributed by atoms with van der Waals surface area (Å²) in [6.45, 7) is 4.40. The van der Waals surface area contributed by atoms with Gasteiger partial charge in [-0.15, -0.1) is 0 Å². The van der Waals surface area contributed by atoms with Gasteiger partial charge in [0.2, 0.25) is 0 Å². The van der Waals surface area contributed by atoms with Crippen LogP contribution in [0.1, 0.15) is 27.0 Å². The fraction of sp³-hybridized carbons (Fsp3) is 0.120. The number of esters is 1. The van der Waals surface area contributed by atoms with Gasteiger partial charge in [0.15, 0.2) is 0 Å². The van der Waals surface area contributed by atoms with E-state index >= 15 is 0 Å². The average Bonchev–Trinajstić information content (AvgIpc) is 2.74. The zero-order valence-corrected chi connectivity index (χ0v) is 18.4. The molecule has 0 aliphatic heterocycles. The lowest BCUT2D eigenvalue weighted by Gasteiger charge is -2.11. The maximum Gasteiger partial charge on any atom is 0.339 e. The van der Waals surface area contributed by atoms with Crippen LogP contribution >= 0.6 is 22.6 Å². The fourth-order valence-electron chi connectivity index (χ4n) is 3.20. The van der Waals surface area contributed by atoms with E-state index in [1.54, 1.807) is 0 Å². The molecular formula is C25H20INO2. The highest BCUT2D eigenvalue weighted by Crippen LogP contribution is 2.27. The number of benzene rings is 3. The molecule has 3 aromatic carbocycles. The summed E-state index contributed by atoms with van der Waals surface area (Å²) < 4.78 is 6.78. The summed E-state index contributed by atoms with van der Waals surface area (Å²) in [5.41, 5.74) is 6.47. The number of carbonyl (C=O) groups excluding carboxylic acids is 1. The van der Waals surface area contributed by atoms with Crippen molar-refractivity contribution in [1.29, 1.82) is 0 Å². The van der Waals surface area contributed by atoms with Crippen molar-refractivity contribution in [2.75, 3.05) is 0 Å². The van der Waals surface area contributed by atoms with Gasteiger partial charge in [0.05, 0.1) is 16.8 Å². The van der Waals surface area contributed by atoms with Crippen molar-refractivity contribution >= 4 is 39.5 Å². The van der Waals surface area contributed by atoms with Gasteiger partial charge in [-0.25, -0.2) is 9.78 Å². The molecule has 1 aromatic heterocycles. The Kier molecular flexibility index (Phi) is 5.62. The zero-order valence-electron chi connectivity index (χ0n) is 16.3. The Bertz CT molecular complexity index is 1200. The lowest BCUT2D eigenvalue weighted by molar-refractivity contribution is 0.0475. The second kappa shape index (κ2) is 8.33. The molecule has 0 spiro atoms. The van der Waals surface area contributed by atoms with Gasteiger partial charge in [0.1, 0.15) is 6.61 Å². The molecule has 0 amide bonds. The molecule has 0 bridgehead atoms. The highest BCUT2D eigenvalue weighted by Gasteiger charge is 2.15. The van der Waals surface area contributed by atoms with Crippen molar-refractivity contribution in [3.05, 3.63) is 98.6 Å². The van der Waals surface area contributed by atoms with Gasteiger partial charge >= 0.3 is 5.97 Å². The van der Waals surface area contributed by atoms with Crippen molar-refractivity contribution in [2.24, 2.45) is 0 Å². The largest absolute Gasteiger partial charge is 0.457 e. The van der Waals surface area contributed by atoms with E-state index in [1.807, 2.05) is 60.7 Å². The molecule has 4 rings (SSSR count). The Morgan fingerprint density at radius 1 is 0.931 bits per heavy atom. The van der Waals surface area contributed by atoms with Crippen molar-refractivity contribution < 1.29 is 9.53 Å². The maximum atomic E-state index is 13.0. The van der Waals surface area contributed by atoms with Gasteiger partial charge in [-0.2, -0.15) is 0 Å². The number of para-hydroxylation sites is 1. The molecule has 0 unspecified atom stereocenters. The van der Waals surface area contributed by atoms with Crippen LogP contribution in [-0.2, 0) is 11.3 Å². The van der Waals surface area contributed by atoms with Gasteiger partial charge in [-0.05, 0) is 83.5 Å². The Hall–Kier alpha value is -2.73. The molecule has 4 heteroatoms. The Balaban J connectivity index is 1.71. The van der Waals surface area contributed by atoms with E-state index in [4.69, 9.17) is 9.72 Å². The first-order chi connectivity index (χ1) is 14.0. The molecule has 0 fully saturated rings. The number of nitrogens with zero attached hydrogens (tertiary/aromatic N) is 1. The summed E-state index contributed by atoms with van der Waals surface area (Å²) in [5, 5.41) is 0.799. The Morgan fingerprint density at radius 2 is 1.69 bits per heavy atom. The van der Waals surface area contributed by atoms with Crippen molar-refractivity contribution in [3.8, 4) is 11.3 Å². The average molecular weight is 493 g/mol. The number of aryl methyl sites for hydroxylation is 2. The lowest BCUT2D eigenvalue weighted by Crippen LogP contribution is -2.07. The van der Waals surface area contributed by atoms with Gasteiger partial charge in [0, 0.05) is 14.5 Å². The first-order valence-electron chi connectivity index (χ1n) is 9.40.